The monoisotopic (exact) mass is 591 g/mol. The van der Waals surface area contributed by atoms with Crippen molar-refractivity contribution in [3.63, 3.8) is 0 Å². The van der Waals surface area contributed by atoms with Crippen LogP contribution in [-0.4, -0.2) is 71.9 Å². The lowest BCUT2D eigenvalue weighted by Gasteiger charge is -2.27. The van der Waals surface area contributed by atoms with Crippen LogP contribution in [0.5, 0.6) is 5.75 Å². The van der Waals surface area contributed by atoms with E-state index in [1.54, 1.807) is 42.3 Å². The minimum Gasteiger partial charge on any atom is -0.496 e. The summed E-state index contributed by atoms with van der Waals surface area (Å²) in [7, 11) is 3.48. The van der Waals surface area contributed by atoms with Gasteiger partial charge in [-0.3, -0.25) is 19.4 Å². The molecule has 3 aromatic carbocycles. The summed E-state index contributed by atoms with van der Waals surface area (Å²) in [5, 5.41) is 22.4. The van der Waals surface area contributed by atoms with Crippen molar-refractivity contribution in [2.75, 3.05) is 46.4 Å². The first-order chi connectivity index (χ1) is 21.4. The first-order valence-corrected chi connectivity index (χ1v) is 14.7. The summed E-state index contributed by atoms with van der Waals surface area (Å²) in [6, 6.07) is 19.6. The molecule has 0 spiro atoms. The minimum absolute atomic E-state index is 0.120. The van der Waals surface area contributed by atoms with E-state index in [2.05, 4.69) is 21.6 Å². The molecule has 1 atom stereocenters. The molecule has 9 nitrogen and oxygen atoms in total. The zero-order valence-corrected chi connectivity index (χ0v) is 24.8. The van der Waals surface area contributed by atoms with E-state index in [1.807, 2.05) is 31.3 Å². The van der Waals surface area contributed by atoms with E-state index in [0.717, 1.165) is 76.9 Å². The van der Waals surface area contributed by atoms with Crippen molar-refractivity contribution >= 4 is 27.7 Å². The number of carbonyl (C=O) groups excluding carboxylic acids is 1. The van der Waals surface area contributed by atoms with Gasteiger partial charge in [-0.2, -0.15) is 10.4 Å². The first-order valence-electron chi connectivity index (χ1n) is 14.7. The van der Waals surface area contributed by atoms with Gasteiger partial charge in [-0.05, 0) is 47.9 Å². The standard InChI is InChI=1S/C34H34FN7O2/c1-41-30-21-39-29-19-31(44-2)25(18-28(29)32(30)33(40-41)24-5-3-22(20-36)4-6-24)17-27(23-7-9-26(35)10-8-23)34(43)38-13-16-42-14-11-37-12-15-42/h3-10,18-19,21,27,37H,11-17H2,1-2H3,(H,38,43). The Hall–Kier alpha value is -4.85. The number of nitriles is 1. The van der Waals surface area contributed by atoms with Crippen molar-refractivity contribution in [3.8, 4) is 23.1 Å². The van der Waals surface area contributed by atoms with Gasteiger partial charge in [-0.1, -0.05) is 24.3 Å². The number of aryl methyl sites for hydroxylation is 1. The third kappa shape index (κ3) is 5.97. The average Bonchev–Trinajstić information content (AvgIpc) is 3.40. The summed E-state index contributed by atoms with van der Waals surface area (Å²) in [6.45, 7) is 5.09. The van der Waals surface area contributed by atoms with Crippen molar-refractivity contribution in [1.82, 2.24) is 30.3 Å². The van der Waals surface area contributed by atoms with Crippen molar-refractivity contribution in [3.05, 3.63) is 89.4 Å². The zero-order chi connectivity index (χ0) is 30.6. The molecule has 1 amide bonds. The van der Waals surface area contributed by atoms with Crippen LogP contribution in [0.2, 0.25) is 0 Å². The largest absolute Gasteiger partial charge is 0.496 e. The van der Waals surface area contributed by atoms with Crippen LogP contribution in [0.15, 0.2) is 66.9 Å². The second-order valence-corrected chi connectivity index (χ2v) is 11.1. The van der Waals surface area contributed by atoms with Gasteiger partial charge in [-0.25, -0.2) is 4.39 Å². The molecule has 5 aromatic rings. The van der Waals surface area contributed by atoms with Gasteiger partial charge in [0.15, 0.2) is 0 Å². The third-order valence-corrected chi connectivity index (χ3v) is 8.32. The van der Waals surface area contributed by atoms with Crippen molar-refractivity contribution < 1.29 is 13.9 Å². The maximum absolute atomic E-state index is 13.9. The Morgan fingerprint density at radius 1 is 1.14 bits per heavy atom. The highest BCUT2D eigenvalue weighted by molar-refractivity contribution is 6.11. The number of aromatic nitrogens is 3. The molecule has 3 heterocycles. The SMILES string of the molecule is COc1cc2ncc3c(c(-c4ccc(C#N)cc4)nn3C)c2cc1CC(C(=O)NCCN1CCNCC1)c1ccc(F)cc1. The Morgan fingerprint density at radius 2 is 1.89 bits per heavy atom. The summed E-state index contributed by atoms with van der Waals surface area (Å²) in [5.74, 6) is -0.418. The Morgan fingerprint density at radius 3 is 2.59 bits per heavy atom. The topological polar surface area (TPSA) is 108 Å². The normalized spacial score (nSPS) is 14.4. The molecule has 0 aliphatic carbocycles. The summed E-state index contributed by atoms with van der Waals surface area (Å²) in [5.41, 5.74) is 5.38. The lowest BCUT2D eigenvalue weighted by Crippen LogP contribution is -2.46. The molecule has 2 N–H and O–H groups in total. The number of methoxy groups -OCH3 is 1. The highest BCUT2D eigenvalue weighted by Gasteiger charge is 2.25. The molecule has 1 aliphatic rings. The molecule has 1 fully saturated rings. The first kappa shape index (κ1) is 29.2. The number of hydrogen-bond acceptors (Lipinski definition) is 7. The lowest BCUT2D eigenvalue weighted by atomic mass is 9.89. The fraction of sp³-hybridized carbons (Fsp3) is 0.294. The smallest absolute Gasteiger partial charge is 0.227 e. The van der Waals surface area contributed by atoms with E-state index in [0.29, 0.717) is 24.3 Å². The van der Waals surface area contributed by atoms with Crippen LogP contribution < -0.4 is 15.4 Å². The van der Waals surface area contributed by atoms with Gasteiger partial charge < -0.3 is 15.4 Å². The molecule has 0 bridgehead atoms. The lowest BCUT2D eigenvalue weighted by molar-refractivity contribution is -0.122. The number of pyridine rings is 1. The van der Waals surface area contributed by atoms with E-state index in [4.69, 9.17) is 14.8 Å². The van der Waals surface area contributed by atoms with Gasteiger partial charge in [0.1, 0.15) is 17.3 Å². The molecule has 10 heteroatoms. The van der Waals surface area contributed by atoms with Crippen LogP contribution in [0, 0.1) is 17.1 Å². The highest BCUT2D eigenvalue weighted by Crippen LogP contribution is 2.37. The molecule has 1 aliphatic heterocycles. The number of benzene rings is 3. The van der Waals surface area contributed by atoms with E-state index in [9.17, 15) is 14.4 Å². The number of carbonyl (C=O) groups is 1. The van der Waals surface area contributed by atoms with Gasteiger partial charge in [0.25, 0.3) is 0 Å². The number of nitrogens with zero attached hydrogens (tertiary/aromatic N) is 5. The molecule has 224 valence electrons. The number of amides is 1. The Balaban J connectivity index is 1.39. The summed E-state index contributed by atoms with van der Waals surface area (Å²) >= 11 is 0. The maximum atomic E-state index is 13.9. The molecule has 0 saturated carbocycles. The second kappa shape index (κ2) is 12.8. The molecule has 1 unspecified atom stereocenters. The van der Waals surface area contributed by atoms with Crippen LogP contribution in [0.1, 0.15) is 22.6 Å². The van der Waals surface area contributed by atoms with Crippen LogP contribution >= 0.6 is 0 Å². The molecular weight excluding hydrogens is 557 g/mol. The second-order valence-electron chi connectivity index (χ2n) is 11.1. The predicted molar refractivity (Wildman–Crippen MR) is 168 cm³/mol. The van der Waals surface area contributed by atoms with Crippen LogP contribution in [0.3, 0.4) is 0 Å². The van der Waals surface area contributed by atoms with E-state index >= 15 is 0 Å². The van der Waals surface area contributed by atoms with Gasteiger partial charge in [-0.15, -0.1) is 0 Å². The van der Waals surface area contributed by atoms with Crippen LogP contribution in [-0.2, 0) is 18.3 Å². The number of ether oxygens (including phenoxy) is 1. The predicted octanol–water partition coefficient (Wildman–Crippen LogP) is 4.16. The summed E-state index contributed by atoms with van der Waals surface area (Å²) in [6.07, 6.45) is 2.14. The number of hydrogen-bond donors (Lipinski definition) is 2. The molecule has 0 radical (unpaired) electrons. The van der Waals surface area contributed by atoms with Gasteiger partial charge in [0, 0.05) is 68.7 Å². The molecule has 44 heavy (non-hydrogen) atoms. The average molecular weight is 592 g/mol. The Labute approximate surface area is 255 Å². The van der Waals surface area contributed by atoms with Gasteiger partial charge >= 0.3 is 0 Å². The zero-order valence-electron chi connectivity index (χ0n) is 24.8. The molecular formula is C34H34FN7O2. The summed E-state index contributed by atoms with van der Waals surface area (Å²) < 4.78 is 21.5. The van der Waals surface area contributed by atoms with Crippen molar-refractivity contribution in [2.45, 2.75) is 12.3 Å². The molecule has 1 saturated heterocycles. The van der Waals surface area contributed by atoms with Crippen molar-refractivity contribution in [2.24, 2.45) is 7.05 Å². The summed E-state index contributed by atoms with van der Waals surface area (Å²) in [4.78, 5) is 20.8. The number of nitrogens with one attached hydrogen (secondary N) is 2. The third-order valence-electron chi connectivity index (χ3n) is 8.32. The quantitative estimate of drug-likeness (QED) is 0.265. The Kier molecular flexibility index (Phi) is 8.50. The Bertz CT molecular complexity index is 1840. The van der Waals surface area contributed by atoms with Gasteiger partial charge in [0.2, 0.25) is 5.91 Å². The van der Waals surface area contributed by atoms with E-state index in [-0.39, 0.29) is 11.7 Å². The van der Waals surface area contributed by atoms with Gasteiger partial charge in [0.05, 0.1) is 41.9 Å². The number of piperazine rings is 1. The molecule has 2 aromatic heterocycles. The minimum atomic E-state index is -0.566. The van der Waals surface area contributed by atoms with E-state index < -0.39 is 5.92 Å². The van der Waals surface area contributed by atoms with E-state index in [1.165, 1.54) is 12.1 Å². The van der Waals surface area contributed by atoms with Crippen LogP contribution in [0.4, 0.5) is 4.39 Å². The molecule has 6 rings (SSSR count). The van der Waals surface area contributed by atoms with Crippen LogP contribution in [0.25, 0.3) is 33.1 Å². The maximum Gasteiger partial charge on any atom is 0.227 e. The van der Waals surface area contributed by atoms with Crippen molar-refractivity contribution in [1.29, 1.82) is 5.26 Å². The number of rotatable bonds is 9. The fourth-order valence-electron chi connectivity index (χ4n) is 5.93. The highest BCUT2D eigenvalue weighted by atomic mass is 19.1. The number of halogens is 1. The number of fused-ring (bicyclic) bond motifs is 3. The fourth-order valence-corrected chi connectivity index (χ4v) is 5.93.